The zero-order valence-corrected chi connectivity index (χ0v) is 16.4. The van der Waals surface area contributed by atoms with Crippen molar-refractivity contribution in [1.82, 2.24) is 19.7 Å². The van der Waals surface area contributed by atoms with Gasteiger partial charge in [0.1, 0.15) is 0 Å². The van der Waals surface area contributed by atoms with Gasteiger partial charge in [0.05, 0.1) is 17.6 Å². The Balaban J connectivity index is 1.78. The van der Waals surface area contributed by atoms with Crippen LogP contribution in [-0.2, 0) is 9.84 Å². The van der Waals surface area contributed by atoms with E-state index in [1.807, 2.05) is 19.1 Å². The van der Waals surface area contributed by atoms with Crippen LogP contribution in [0.2, 0.25) is 0 Å². The monoisotopic (exact) mass is 396 g/mol. The summed E-state index contributed by atoms with van der Waals surface area (Å²) in [6.45, 7) is 1.84. The van der Waals surface area contributed by atoms with Crippen molar-refractivity contribution in [2.45, 2.75) is 30.8 Å². The summed E-state index contributed by atoms with van der Waals surface area (Å²) in [7, 11) is -3.54. The van der Waals surface area contributed by atoms with Crippen molar-refractivity contribution in [3.63, 3.8) is 0 Å². The second-order valence-corrected chi connectivity index (χ2v) is 8.84. The Bertz CT molecular complexity index is 1190. The molecule has 1 aliphatic carbocycles. The van der Waals surface area contributed by atoms with Crippen molar-refractivity contribution in [1.29, 1.82) is 0 Å². The quantitative estimate of drug-likeness (QED) is 0.716. The molecule has 144 valence electrons. The van der Waals surface area contributed by atoms with Gasteiger partial charge in [-0.25, -0.2) is 18.4 Å². The number of nitrogens with one attached hydrogen (secondary N) is 1. The van der Waals surface area contributed by atoms with E-state index in [0.29, 0.717) is 17.3 Å². The van der Waals surface area contributed by atoms with E-state index in [2.05, 4.69) is 15.3 Å². The molecule has 0 radical (unpaired) electrons. The maximum absolute atomic E-state index is 12.2. The molecule has 0 aliphatic heterocycles. The number of carbonyl (C=O) groups excluding carboxylic acids is 1. The van der Waals surface area contributed by atoms with Crippen LogP contribution in [0.15, 0.2) is 47.8 Å². The largest absolute Gasteiger partial charge is 0.349 e. The van der Waals surface area contributed by atoms with Crippen molar-refractivity contribution in [3.05, 3.63) is 54.0 Å². The molecule has 1 aliphatic rings. The fraction of sp³-hybridized carbons (Fsp3) is 0.250. The maximum atomic E-state index is 12.2. The maximum Gasteiger partial charge on any atom is 0.251 e. The highest BCUT2D eigenvalue weighted by Crippen LogP contribution is 2.25. The van der Waals surface area contributed by atoms with Gasteiger partial charge in [0.25, 0.3) is 5.91 Å². The van der Waals surface area contributed by atoms with E-state index in [1.54, 1.807) is 41.1 Å². The highest BCUT2D eigenvalue weighted by atomic mass is 32.2. The molecular formula is C20H20N4O3S. The third kappa shape index (κ3) is 3.55. The Morgan fingerprint density at radius 3 is 2.57 bits per heavy atom. The molecule has 0 saturated heterocycles. The summed E-state index contributed by atoms with van der Waals surface area (Å²) < 4.78 is 26.1. The average Bonchev–Trinajstić information content (AvgIpc) is 3.37. The van der Waals surface area contributed by atoms with Gasteiger partial charge in [0.15, 0.2) is 20.5 Å². The van der Waals surface area contributed by atoms with Crippen LogP contribution < -0.4 is 5.32 Å². The molecule has 8 heteroatoms. The standard InChI is InChI=1S/C20H20N4O3S/c1-3-4-16-12-24-17(11-21-18(24)20(23-16)28(2,26)27)13-5-7-14(8-6-13)19(25)22-15-9-10-15/h3-8,11-12,15H,9-10H2,1-2H3,(H,22,25). The lowest BCUT2D eigenvalue weighted by atomic mass is 10.1. The zero-order valence-electron chi connectivity index (χ0n) is 15.6. The molecule has 0 bridgehead atoms. The van der Waals surface area contributed by atoms with Crippen molar-refractivity contribution in [2.75, 3.05) is 6.26 Å². The summed E-state index contributed by atoms with van der Waals surface area (Å²) in [6.07, 6.45) is 10.1. The van der Waals surface area contributed by atoms with Crippen LogP contribution in [0, 0.1) is 0 Å². The first-order valence-corrected chi connectivity index (χ1v) is 10.9. The minimum absolute atomic E-state index is 0.0604. The van der Waals surface area contributed by atoms with Gasteiger partial charge in [0.2, 0.25) is 0 Å². The van der Waals surface area contributed by atoms with Crippen LogP contribution in [-0.4, -0.2) is 41.0 Å². The predicted octanol–water partition coefficient (Wildman–Crippen LogP) is 2.73. The fourth-order valence-electron chi connectivity index (χ4n) is 2.98. The number of hydrogen-bond donors (Lipinski definition) is 1. The number of aromatic nitrogens is 3. The fourth-order valence-corrected chi connectivity index (χ4v) is 3.73. The lowest BCUT2D eigenvalue weighted by molar-refractivity contribution is 0.0951. The van der Waals surface area contributed by atoms with Crippen molar-refractivity contribution < 1.29 is 13.2 Å². The number of imidazole rings is 1. The highest BCUT2D eigenvalue weighted by molar-refractivity contribution is 7.90. The number of benzene rings is 1. The second-order valence-electron chi connectivity index (χ2n) is 6.91. The van der Waals surface area contributed by atoms with Gasteiger partial charge in [-0.3, -0.25) is 9.20 Å². The number of amides is 1. The molecule has 7 nitrogen and oxygen atoms in total. The number of fused-ring (bicyclic) bond motifs is 1. The Morgan fingerprint density at radius 1 is 1.25 bits per heavy atom. The predicted molar refractivity (Wildman–Crippen MR) is 107 cm³/mol. The molecule has 1 N–H and O–H groups in total. The van der Waals surface area contributed by atoms with Crippen LogP contribution >= 0.6 is 0 Å². The summed E-state index contributed by atoms with van der Waals surface area (Å²) in [6, 6.07) is 7.50. The van der Waals surface area contributed by atoms with Crippen LogP contribution in [0.1, 0.15) is 35.8 Å². The van der Waals surface area contributed by atoms with Gasteiger partial charge in [-0.15, -0.1) is 0 Å². The normalized spacial score (nSPS) is 14.6. The molecule has 0 atom stereocenters. The Kier molecular flexibility index (Phi) is 4.50. The van der Waals surface area contributed by atoms with Crippen molar-refractivity contribution in [2.24, 2.45) is 0 Å². The Morgan fingerprint density at radius 2 is 1.96 bits per heavy atom. The van der Waals surface area contributed by atoms with Gasteiger partial charge in [-0.1, -0.05) is 18.2 Å². The van der Waals surface area contributed by atoms with Crippen LogP contribution in [0.3, 0.4) is 0 Å². The zero-order chi connectivity index (χ0) is 19.9. The van der Waals surface area contributed by atoms with Crippen LogP contribution in [0.5, 0.6) is 0 Å². The Hall–Kier alpha value is -3.00. The molecule has 28 heavy (non-hydrogen) atoms. The highest BCUT2D eigenvalue weighted by Gasteiger charge is 2.24. The number of carbonyl (C=O) groups is 1. The number of allylic oxidation sites excluding steroid dienone is 1. The van der Waals surface area contributed by atoms with E-state index >= 15 is 0 Å². The molecule has 1 fully saturated rings. The van der Waals surface area contributed by atoms with E-state index in [4.69, 9.17) is 0 Å². The molecule has 4 rings (SSSR count). The lowest BCUT2D eigenvalue weighted by Gasteiger charge is -2.08. The third-order valence-corrected chi connectivity index (χ3v) is 5.50. The summed E-state index contributed by atoms with van der Waals surface area (Å²) in [4.78, 5) is 20.7. The average molecular weight is 396 g/mol. The minimum Gasteiger partial charge on any atom is -0.349 e. The summed E-state index contributed by atoms with van der Waals surface area (Å²) in [5.74, 6) is -0.0777. The summed E-state index contributed by atoms with van der Waals surface area (Å²) in [5.41, 5.74) is 2.95. The summed E-state index contributed by atoms with van der Waals surface area (Å²) >= 11 is 0. The first kappa shape index (κ1) is 18.4. The number of rotatable bonds is 5. The first-order chi connectivity index (χ1) is 13.4. The molecule has 0 spiro atoms. The van der Waals surface area contributed by atoms with E-state index in [-0.39, 0.29) is 16.6 Å². The van der Waals surface area contributed by atoms with Crippen molar-refractivity contribution >= 4 is 27.5 Å². The topological polar surface area (TPSA) is 93.4 Å². The lowest BCUT2D eigenvalue weighted by Crippen LogP contribution is -2.25. The molecule has 2 heterocycles. The van der Waals surface area contributed by atoms with Gasteiger partial charge in [-0.05, 0) is 38.0 Å². The molecule has 2 aromatic heterocycles. The van der Waals surface area contributed by atoms with Gasteiger partial charge >= 0.3 is 0 Å². The first-order valence-electron chi connectivity index (χ1n) is 8.99. The minimum atomic E-state index is -3.54. The third-order valence-electron chi connectivity index (χ3n) is 4.52. The SMILES string of the molecule is CC=Cc1cn2c(-c3ccc(C(=O)NC4CC4)cc3)cnc2c(S(C)(=O)=O)n1. The molecule has 3 aromatic rings. The molecule has 1 aromatic carbocycles. The van der Waals surface area contributed by atoms with E-state index in [1.165, 1.54) is 0 Å². The van der Waals surface area contributed by atoms with E-state index in [9.17, 15) is 13.2 Å². The number of hydrogen-bond acceptors (Lipinski definition) is 5. The number of nitrogens with zero attached hydrogens (tertiary/aromatic N) is 3. The molecule has 0 unspecified atom stereocenters. The van der Waals surface area contributed by atoms with Gasteiger partial charge in [-0.2, -0.15) is 0 Å². The van der Waals surface area contributed by atoms with E-state index < -0.39 is 9.84 Å². The van der Waals surface area contributed by atoms with Crippen molar-refractivity contribution in [3.8, 4) is 11.3 Å². The molecule has 1 saturated carbocycles. The number of sulfone groups is 1. The van der Waals surface area contributed by atoms with Crippen LogP contribution in [0.4, 0.5) is 0 Å². The Labute approximate surface area is 163 Å². The summed E-state index contributed by atoms with van der Waals surface area (Å²) in [5, 5.41) is 2.90. The smallest absolute Gasteiger partial charge is 0.251 e. The van der Waals surface area contributed by atoms with E-state index in [0.717, 1.165) is 30.4 Å². The second kappa shape index (κ2) is 6.87. The van der Waals surface area contributed by atoms with Gasteiger partial charge < -0.3 is 5.32 Å². The molecular weight excluding hydrogens is 376 g/mol. The van der Waals surface area contributed by atoms with Crippen LogP contribution in [0.25, 0.3) is 23.0 Å². The van der Waals surface area contributed by atoms with Gasteiger partial charge in [0, 0.05) is 29.6 Å². The molecule has 1 amide bonds.